The molecule has 14 heavy (non-hydrogen) atoms. The van der Waals surface area contributed by atoms with Crippen LogP contribution in [0.25, 0.3) is 10.1 Å². The zero-order chi connectivity index (χ0) is 10.3. The SMILES string of the molecule is CC(=O)c1cc2c(N)c(C)ccc2s1. The summed E-state index contributed by atoms with van der Waals surface area (Å²) in [4.78, 5) is 12.0. The van der Waals surface area contributed by atoms with Crippen molar-refractivity contribution in [2.24, 2.45) is 0 Å². The number of rotatable bonds is 1. The van der Waals surface area contributed by atoms with Crippen LogP contribution < -0.4 is 5.73 Å². The lowest BCUT2D eigenvalue weighted by Crippen LogP contribution is -1.89. The molecule has 0 saturated carbocycles. The minimum absolute atomic E-state index is 0.100. The number of carbonyl (C=O) groups is 1. The van der Waals surface area contributed by atoms with Gasteiger partial charge in [-0.3, -0.25) is 4.79 Å². The van der Waals surface area contributed by atoms with E-state index in [0.29, 0.717) is 0 Å². The summed E-state index contributed by atoms with van der Waals surface area (Å²) in [5, 5.41) is 1.00. The number of anilines is 1. The number of nitrogen functional groups attached to an aromatic ring is 1. The maximum absolute atomic E-state index is 11.2. The summed E-state index contributed by atoms with van der Waals surface area (Å²) < 4.78 is 1.08. The number of benzene rings is 1. The van der Waals surface area contributed by atoms with Crippen molar-refractivity contribution in [1.29, 1.82) is 0 Å². The van der Waals surface area contributed by atoms with Gasteiger partial charge in [-0.15, -0.1) is 11.3 Å². The van der Waals surface area contributed by atoms with Crippen LogP contribution in [0.5, 0.6) is 0 Å². The van der Waals surface area contributed by atoms with Crippen molar-refractivity contribution in [3.63, 3.8) is 0 Å². The minimum atomic E-state index is 0.100. The van der Waals surface area contributed by atoms with Crippen LogP contribution in [0.2, 0.25) is 0 Å². The van der Waals surface area contributed by atoms with Gasteiger partial charge in [-0.05, 0) is 31.5 Å². The van der Waals surface area contributed by atoms with Crippen LogP contribution in [0.3, 0.4) is 0 Å². The first-order valence-corrected chi connectivity index (χ1v) is 5.21. The number of thiophene rings is 1. The molecule has 2 aromatic rings. The predicted molar refractivity (Wildman–Crippen MR) is 61.0 cm³/mol. The average Bonchev–Trinajstić information content (AvgIpc) is 2.56. The standard InChI is InChI=1S/C11H11NOS/c1-6-3-4-9-8(11(6)12)5-10(14-9)7(2)13/h3-5H,12H2,1-2H3. The molecule has 0 aliphatic heterocycles. The Morgan fingerprint density at radius 1 is 1.43 bits per heavy atom. The van der Waals surface area contributed by atoms with Gasteiger partial charge in [0.05, 0.1) is 4.88 Å². The van der Waals surface area contributed by atoms with Gasteiger partial charge >= 0.3 is 0 Å². The third kappa shape index (κ3) is 1.30. The van der Waals surface area contributed by atoms with Crippen molar-refractivity contribution in [2.75, 3.05) is 5.73 Å². The normalized spacial score (nSPS) is 10.7. The number of Topliss-reactive ketones (excluding diaryl/α,β-unsaturated/α-hetero) is 1. The van der Waals surface area contributed by atoms with Gasteiger partial charge in [0, 0.05) is 15.8 Å². The smallest absolute Gasteiger partial charge is 0.169 e. The molecule has 0 aliphatic rings. The molecule has 0 fully saturated rings. The van der Waals surface area contributed by atoms with Gasteiger partial charge in [-0.25, -0.2) is 0 Å². The monoisotopic (exact) mass is 205 g/mol. The Bertz CT molecular complexity index is 513. The quantitative estimate of drug-likeness (QED) is 0.574. The number of fused-ring (bicyclic) bond motifs is 1. The number of hydrogen-bond donors (Lipinski definition) is 1. The minimum Gasteiger partial charge on any atom is -0.398 e. The molecular formula is C11H11NOS. The first-order valence-electron chi connectivity index (χ1n) is 4.39. The van der Waals surface area contributed by atoms with E-state index >= 15 is 0 Å². The molecule has 0 aliphatic carbocycles. The number of ketones is 1. The van der Waals surface area contributed by atoms with Crippen molar-refractivity contribution in [1.82, 2.24) is 0 Å². The number of nitrogens with two attached hydrogens (primary N) is 1. The van der Waals surface area contributed by atoms with Crippen LogP contribution in [0.15, 0.2) is 18.2 Å². The Labute approximate surface area is 86.3 Å². The summed E-state index contributed by atoms with van der Waals surface area (Å²) in [6, 6.07) is 5.88. The van der Waals surface area contributed by atoms with Gasteiger partial charge < -0.3 is 5.73 Å². The fraction of sp³-hybridized carbons (Fsp3) is 0.182. The topological polar surface area (TPSA) is 43.1 Å². The van der Waals surface area contributed by atoms with Crippen LogP contribution in [0, 0.1) is 6.92 Å². The second-order valence-electron chi connectivity index (χ2n) is 3.37. The van der Waals surface area contributed by atoms with Gasteiger partial charge in [0.1, 0.15) is 0 Å². The van der Waals surface area contributed by atoms with E-state index < -0.39 is 0 Å². The van der Waals surface area contributed by atoms with Gasteiger partial charge in [0.15, 0.2) is 5.78 Å². The van der Waals surface area contributed by atoms with Crippen molar-refractivity contribution < 1.29 is 4.79 Å². The van der Waals surface area contributed by atoms with E-state index in [1.807, 2.05) is 25.1 Å². The van der Waals surface area contributed by atoms with E-state index in [1.54, 1.807) is 6.92 Å². The lowest BCUT2D eigenvalue weighted by Gasteiger charge is -1.99. The Morgan fingerprint density at radius 2 is 2.14 bits per heavy atom. The fourth-order valence-corrected chi connectivity index (χ4v) is 2.39. The Morgan fingerprint density at radius 3 is 2.79 bits per heavy atom. The van der Waals surface area contributed by atoms with Crippen molar-refractivity contribution >= 4 is 32.9 Å². The molecule has 3 heteroatoms. The summed E-state index contributed by atoms with van der Waals surface area (Å²) in [7, 11) is 0. The van der Waals surface area contributed by atoms with Gasteiger partial charge in [-0.2, -0.15) is 0 Å². The summed E-state index contributed by atoms with van der Waals surface area (Å²) in [6.45, 7) is 3.55. The fourth-order valence-electron chi connectivity index (χ4n) is 1.42. The Balaban J connectivity index is 2.77. The van der Waals surface area contributed by atoms with Crippen LogP contribution in [0.4, 0.5) is 5.69 Å². The van der Waals surface area contributed by atoms with Gasteiger partial charge in [0.2, 0.25) is 0 Å². The van der Waals surface area contributed by atoms with E-state index in [-0.39, 0.29) is 5.78 Å². The van der Waals surface area contributed by atoms with Crippen molar-refractivity contribution in [3.8, 4) is 0 Å². The van der Waals surface area contributed by atoms with Crippen molar-refractivity contribution in [3.05, 3.63) is 28.6 Å². The molecule has 0 radical (unpaired) electrons. The van der Waals surface area contributed by atoms with Crippen LogP contribution in [0.1, 0.15) is 22.2 Å². The van der Waals surface area contributed by atoms with E-state index in [4.69, 9.17) is 5.73 Å². The van der Waals surface area contributed by atoms with Crippen LogP contribution in [-0.2, 0) is 0 Å². The molecule has 0 atom stereocenters. The first-order chi connectivity index (χ1) is 6.59. The first kappa shape index (κ1) is 9.21. The molecule has 0 saturated heterocycles. The molecule has 2 N–H and O–H groups in total. The summed E-state index contributed by atoms with van der Waals surface area (Å²) in [5.74, 6) is 0.100. The Hall–Kier alpha value is -1.35. The molecule has 1 heterocycles. The van der Waals surface area contributed by atoms with E-state index in [1.165, 1.54) is 11.3 Å². The average molecular weight is 205 g/mol. The highest BCUT2D eigenvalue weighted by Gasteiger charge is 2.08. The van der Waals surface area contributed by atoms with Crippen LogP contribution in [-0.4, -0.2) is 5.78 Å². The Kier molecular flexibility index (Phi) is 2.04. The number of carbonyl (C=O) groups excluding carboxylic acids is 1. The summed E-state index contributed by atoms with van der Waals surface area (Å²) in [5.41, 5.74) is 7.77. The molecule has 1 aromatic heterocycles. The van der Waals surface area contributed by atoms with E-state index in [9.17, 15) is 4.79 Å². The molecule has 0 spiro atoms. The number of hydrogen-bond acceptors (Lipinski definition) is 3. The van der Waals surface area contributed by atoms with E-state index in [0.717, 1.165) is 26.2 Å². The lowest BCUT2D eigenvalue weighted by molar-refractivity contribution is 0.102. The molecule has 0 unspecified atom stereocenters. The predicted octanol–water partition coefficient (Wildman–Crippen LogP) is 2.99. The molecular weight excluding hydrogens is 194 g/mol. The highest BCUT2D eigenvalue weighted by Crippen LogP contribution is 2.31. The third-order valence-electron chi connectivity index (χ3n) is 2.31. The zero-order valence-corrected chi connectivity index (χ0v) is 8.94. The van der Waals surface area contributed by atoms with Crippen LogP contribution >= 0.6 is 11.3 Å². The summed E-state index contributed by atoms with van der Waals surface area (Å²) >= 11 is 1.50. The lowest BCUT2D eigenvalue weighted by atomic mass is 10.1. The maximum Gasteiger partial charge on any atom is 0.169 e. The summed E-state index contributed by atoms with van der Waals surface area (Å²) in [6.07, 6.45) is 0. The molecule has 0 amide bonds. The second-order valence-corrected chi connectivity index (χ2v) is 4.46. The molecule has 0 bridgehead atoms. The van der Waals surface area contributed by atoms with Crippen molar-refractivity contribution in [2.45, 2.75) is 13.8 Å². The molecule has 2 rings (SSSR count). The third-order valence-corrected chi connectivity index (χ3v) is 3.51. The second kappa shape index (κ2) is 3.10. The number of aryl methyl sites for hydroxylation is 1. The maximum atomic E-state index is 11.2. The molecule has 1 aromatic carbocycles. The van der Waals surface area contributed by atoms with Gasteiger partial charge in [0.25, 0.3) is 0 Å². The molecule has 72 valence electrons. The van der Waals surface area contributed by atoms with E-state index in [2.05, 4.69) is 0 Å². The largest absolute Gasteiger partial charge is 0.398 e. The highest BCUT2D eigenvalue weighted by molar-refractivity contribution is 7.20. The van der Waals surface area contributed by atoms with Gasteiger partial charge in [-0.1, -0.05) is 6.07 Å². The molecule has 2 nitrogen and oxygen atoms in total. The highest BCUT2D eigenvalue weighted by atomic mass is 32.1. The zero-order valence-electron chi connectivity index (χ0n) is 8.13.